The average Bonchev–Trinajstić information content (AvgIpc) is 3.12. The third-order valence-electron chi connectivity index (χ3n) is 4.53. The third-order valence-corrected chi connectivity index (χ3v) is 4.53. The number of imidazole rings is 1. The Labute approximate surface area is 122 Å². The number of hydrogen-bond donors (Lipinski definition) is 1. The van der Waals surface area contributed by atoms with Crippen molar-refractivity contribution in [3.8, 4) is 0 Å². The number of nitrogens with one attached hydrogen (secondary N) is 1. The van der Waals surface area contributed by atoms with Gasteiger partial charge in [0.1, 0.15) is 0 Å². The number of aromatic nitrogens is 3. The van der Waals surface area contributed by atoms with Crippen LogP contribution in [0.25, 0.3) is 10.9 Å². The highest BCUT2D eigenvalue weighted by molar-refractivity contribution is 6.01. The minimum atomic E-state index is 0.0654. The summed E-state index contributed by atoms with van der Waals surface area (Å²) < 4.78 is 2.06. The van der Waals surface area contributed by atoms with Gasteiger partial charge in [-0.05, 0) is 36.8 Å². The van der Waals surface area contributed by atoms with Crippen LogP contribution in [0.3, 0.4) is 0 Å². The molecule has 2 heterocycles. The highest BCUT2D eigenvalue weighted by atomic mass is 16.1. The summed E-state index contributed by atoms with van der Waals surface area (Å²) in [6.45, 7) is 0. The van der Waals surface area contributed by atoms with Gasteiger partial charge < -0.3 is 9.55 Å². The molecule has 21 heavy (non-hydrogen) atoms. The summed E-state index contributed by atoms with van der Waals surface area (Å²) in [5.74, 6) is 0.314. The molecule has 0 spiro atoms. The maximum atomic E-state index is 12.8. The van der Waals surface area contributed by atoms with Crippen molar-refractivity contribution in [3.63, 3.8) is 0 Å². The van der Waals surface area contributed by atoms with Crippen molar-refractivity contribution in [2.75, 3.05) is 0 Å². The van der Waals surface area contributed by atoms with Crippen LogP contribution in [0.5, 0.6) is 0 Å². The Morgan fingerprint density at radius 2 is 2.29 bits per heavy atom. The zero-order valence-corrected chi connectivity index (χ0v) is 12.0. The van der Waals surface area contributed by atoms with E-state index in [0.717, 1.165) is 41.7 Å². The minimum Gasteiger partial charge on any atom is -0.351 e. The van der Waals surface area contributed by atoms with E-state index in [4.69, 9.17) is 0 Å². The van der Waals surface area contributed by atoms with Crippen molar-refractivity contribution < 1.29 is 4.79 Å². The SMILES string of the molecule is Cn1ccc2ccc(C(=O)C3CCc4nc[nH]c4C3)cc21. The van der Waals surface area contributed by atoms with Crippen LogP contribution in [0.2, 0.25) is 0 Å². The number of aryl methyl sites for hydroxylation is 2. The van der Waals surface area contributed by atoms with Crippen LogP contribution in [0.15, 0.2) is 36.8 Å². The highest BCUT2D eigenvalue weighted by Crippen LogP contribution is 2.27. The Balaban J connectivity index is 1.66. The first-order valence-electron chi connectivity index (χ1n) is 7.33. The molecular formula is C17H17N3O. The summed E-state index contributed by atoms with van der Waals surface area (Å²) in [4.78, 5) is 20.2. The summed E-state index contributed by atoms with van der Waals surface area (Å²) in [6.07, 6.45) is 6.31. The van der Waals surface area contributed by atoms with Gasteiger partial charge in [-0.15, -0.1) is 0 Å². The lowest BCUT2D eigenvalue weighted by atomic mass is 9.84. The van der Waals surface area contributed by atoms with Crippen molar-refractivity contribution in [2.24, 2.45) is 13.0 Å². The monoisotopic (exact) mass is 279 g/mol. The van der Waals surface area contributed by atoms with E-state index in [1.165, 1.54) is 5.39 Å². The molecule has 4 nitrogen and oxygen atoms in total. The molecule has 4 rings (SSSR count). The van der Waals surface area contributed by atoms with Gasteiger partial charge in [0.15, 0.2) is 5.78 Å². The van der Waals surface area contributed by atoms with E-state index in [-0.39, 0.29) is 11.7 Å². The second-order valence-corrected chi connectivity index (χ2v) is 5.83. The number of rotatable bonds is 2. The summed E-state index contributed by atoms with van der Waals surface area (Å²) >= 11 is 0. The zero-order chi connectivity index (χ0) is 14.4. The molecule has 0 saturated carbocycles. The van der Waals surface area contributed by atoms with Crippen LogP contribution in [0, 0.1) is 5.92 Å². The number of ketones is 1. The van der Waals surface area contributed by atoms with Crippen molar-refractivity contribution in [3.05, 3.63) is 53.7 Å². The first-order valence-corrected chi connectivity index (χ1v) is 7.33. The van der Waals surface area contributed by atoms with Crippen LogP contribution in [0.1, 0.15) is 28.2 Å². The normalized spacial score (nSPS) is 17.9. The van der Waals surface area contributed by atoms with Gasteiger partial charge in [-0.25, -0.2) is 4.98 Å². The van der Waals surface area contributed by atoms with Crippen molar-refractivity contribution in [2.45, 2.75) is 19.3 Å². The van der Waals surface area contributed by atoms with Gasteiger partial charge in [-0.3, -0.25) is 4.79 Å². The number of benzene rings is 1. The van der Waals surface area contributed by atoms with Gasteiger partial charge in [0.2, 0.25) is 0 Å². The van der Waals surface area contributed by atoms with E-state index in [2.05, 4.69) is 20.6 Å². The number of nitrogens with zero attached hydrogens (tertiary/aromatic N) is 2. The Morgan fingerprint density at radius 3 is 3.19 bits per heavy atom. The van der Waals surface area contributed by atoms with E-state index < -0.39 is 0 Å². The molecule has 1 N–H and O–H groups in total. The maximum absolute atomic E-state index is 12.8. The Hall–Kier alpha value is -2.36. The van der Waals surface area contributed by atoms with E-state index in [9.17, 15) is 4.79 Å². The fourth-order valence-electron chi connectivity index (χ4n) is 3.28. The fourth-order valence-corrected chi connectivity index (χ4v) is 3.28. The molecule has 1 unspecified atom stereocenters. The number of hydrogen-bond acceptors (Lipinski definition) is 2. The first-order chi connectivity index (χ1) is 10.2. The van der Waals surface area contributed by atoms with Gasteiger partial charge in [-0.2, -0.15) is 0 Å². The number of aromatic amines is 1. The van der Waals surface area contributed by atoms with Crippen molar-refractivity contribution >= 4 is 16.7 Å². The number of fused-ring (bicyclic) bond motifs is 2. The van der Waals surface area contributed by atoms with Gasteiger partial charge >= 0.3 is 0 Å². The number of H-pyrrole nitrogens is 1. The fraction of sp³-hybridized carbons (Fsp3) is 0.294. The Bertz CT molecular complexity index is 828. The van der Waals surface area contributed by atoms with Crippen LogP contribution in [-0.2, 0) is 19.9 Å². The molecule has 1 aromatic carbocycles. The van der Waals surface area contributed by atoms with E-state index in [0.29, 0.717) is 0 Å². The van der Waals surface area contributed by atoms with Crippen LogP contribution >= 0.6 is 0 Å². The van der Waals surface area contributed by atoms with Gasteiger partial charge in [-0.1, -0.05) is 12.1 Å². The summed E-state index contributed by atoms with van der Waals surface area (Å²) in [6, 6.07) is 8.07. The molecule has 2 aromatic heterocycles. The number of carbonyl (C=O) groups excluding carboxylic acids is 1. The zero-order valence-electron chi connectivity index (χ0n) is 12.0. The summed E-state index contributed by atoms with van der Waals surface area (Å²) in [5.41, 5.74) is 4.17. The second-order valence-electron chi connectivity index (χ2n) is 5.83. The maximum Gasteiger partial charge on any atom is 0.166 e. The molecule has 106 valence electrons. The van der Waals surface area contributed by atoms with Crippen molar-refractivity contribution in [1.29, 1.82) is 0 Å². The smallest absolute Gasteiger partial charge is 0.166 e. The van der Waals surface area contributed by atoms with Crippen LogP contribution in [-0.4, -0.2) is 20.3 Å². The molecule has 1 atom stereocenters. The van der Waals surface area contributed by atoms with E-state index in [1.807, 2.05) is 31.4 Å². The molecular weight excluding hydrogens is 262 g/mol. The molecule has 0 bridgehead atoms. The van der Waals surface area contributed by atoms with Gasteiger partial charge in [0, 0.05) is 35.9 Å². The largest absolute Gasteiger partial charge is 0.351 e. The van der Waals surface area contributed by atoms with Gasteiger partial charge in [0.25, 0.3) is 0 Å². The minimum absolute atomic E-state index is 0.0654. The molecule has 1 aliphatic carbocycles. The van der Waals surface area contributed by atoms with Crippen LogP contribution in [0.4, 0.5) is 0 Å². The molecule has 0 aliphatic heterocycles. The van der Waals surface area contributed by atoms with Crippen LogP contribution < -0.4 is 0 Å². The average molecular weight is 279 g/mol. The highest BCUT2D eigenvalue weighted by Gasteiger charge is 2.27. The molecule has 1 aliphatic rings. The Morgan fingerprint density at radius 1 is 1.38 bits per heavy atom. The molecule has 0 radical (unpaired) electrons. The topological polar surface area (TPSA) is 50.7 Å². The number of Topliss-reactive ketones (excluding diaryl/α,β-unsaturated/α-hetero) is 1. The predicted molar refractivity (Wildman–Crippen MR) is 81.4 cm³/mol. The summed E-state index contributed by atoms with van der Waals surface area (Å²) in [5, 5.41) is 1.17. The molecule has 0 saturated heterocycles. The second kappa shape index (κ2) is 4.58. The van der Waals surface area contributed by atoms with Crippen molar-refractivity contribution in [1.82, 2.24) is 14.5 Å². The van der Waals surface area contributed by atoms with E-state index in [1.54, 1.807) is 6.33 Å². The number of carbonyl (C=O) groups is 1. The molecule has 0 fully saturated rings. The predicted octanol–water partition coefficient (Wildman–Crippen LogP) is 2.89. The van der Waals surface area contributed by atoms with E-state index >= 15 is 0 Å². The first kappa shape index (κ1) is 12.4. The molecule has 0 amide bonds. The third kappa shape index (κ3) is 1.98. The van der Waals surface area contributed by atoms with Gasteiger partial charge in [0.05, 0.1) is 12.0 Å². The lowest BCUT2D eigenvalue weighted by Crippen LogP contribution is -2.23. The summed E-state index contributed by atoms with van der Waals surface area (Å²) in [7, 11) is 2.01. The lowest BCUT2D eigenvalue weighted by Gasteiger charge is -2.20. The quantitative estimate of drug-likeness (QED) is 0.733. The molecule has 3 aromatic rings. The Kier molecular flexibility index (Phi) is 2.70. The molecule has 4 heteroatoms. The standard InChI is InChI=1S/C17H17N3O/c1-20-7-6-11-2-3-13(9-16(11)20)17(21)12-4-5-14-15(8-12)19-10-18-14/h2-3,6-7,9-10,12H,4-5,8H2,1H3,(H,18,19). The lowest BCUT2D eigenvalue weighted by molar-refractivity contribution is 0.0908.